The lowest BCUT2D eigenvalue weighted by Gasteiger charge is -2.40. The van der Waals surface area contributed by atoms with E-state index in [0.29, 0.717) is 17.5 Å². The molecule has 4 heteroatoms. The predicted octanol–water partition coefficient (Wildman–Crippen LogP) is 12.2. The van der Waals surface area contributed by atoms with Crippen molar-refractivity contribution >= 4 is 10.8 Å². The predicted molar refractivity (Wildman–Crippen MR) is 216 cm³/mol. The van der Waals surface area contributed by atoms with Crippen molar-refractivity contribution in [2.75, 3.05) is 0 Å². The number of aromatic nitrogens is 3. The minimum atomic E-state index is -0.529. The molecule has 11 rings (SSSR count). The van der Waals surface area contributed by atoms with Gasteiger partial charge in [0.2, 0.25) is 0 Å². The molecule has 0 saturated heterocycles. The first-order chi connectivity index (χ1) is 26.8. The Balaban J connectivity index is 1.10. The molecule has 1 aliphatic carbocycles. The van der Waals surface area contributed by atoms with Crippen LogP contribution in [0.4, 0.5) is 0 Å². The SMILES string of the molecule is c1ccc(-c2nc(-c3cccc(-c4cccc5c4Oc4ccccc4C54c5ccccc5-c5ccccc54)c3)nc(-c3ccc4ccccc4c3)n2)cc1. The van der Waals surface area contributed by atoms with Crippen LogP contribution < -0.4 is 4.74 Å². The molecule has 1 aliphatic heterocycles. The van der Waals surface area contributed by atoms with Crippen LogP contribution in [0.1, 0.15) is 22.3 Å². The maximum Gasteiger partial charge on any atom is 0.164 e. The number of rotatable bonds is 4. The average molecular weight is 690 g/mol. The van der Waals surface area contributed by atoms with Gasteiger partial charge in [-0.05, 0) is 56.8 Å². The normalized spacial score (nSPS) is 13.1. The van der Waals surface area contributed by atoms with Crippen molar-refractivity contribution in [3.8, 4) is 67.9 Å². The lowest BCUT2D eigenvalue weighted by atomic mass is 9.65. The Hall–Kier alpha value is -7.17. The lowest BCUT2D eigenvalue weighted by molar-refractivity contribution is 0.438. The van der Waals surface area contributed by atoms with Crippen molar-refractivity contribution in [3.05, 3.63) is 210 Å². The monoisotopic (exact) mass is 689 g/mol. The topological polar surface area (TPSA) is 47.9 Å². The number of benzene rings is 8. The maximum atomic E-state index is 6.97. The first kappa shape index (κ1) is 30.5. The van der Waals surface area contributed by atoms with E-state index >= 15 is 0 Å². The molecule has 9 aromatic rings. The van der Waals surface area contributed by atoms with Gasteiger partial charge in [-0.2, -0.15) is 0 Å². The van der Waals surface area contributed by atoms with Crippen molar-refractivity contribution in [1.82, 2.24) is 15.0 Å². The van der Waals surface area contributed by atoms with E-state index < -0.39 is 5.41 Å². The summed E-state index contributed by atoms with van der Waals surface area (Å²) in [4.78, 5) is 15.2. The number of hydrogen-bond acceptors (Lipinski definition) is 4. The van der Waals surface area contributed by atoms with Crippen LogP contribution in [0.25, 0.3) is 67.2 Å². The van der Waals surface area contributed by atoms with Gasteiger partial charge in [0.05, 0.1) is 5.41 Å². The molecule has 0 fully saturated rings. The summed E-state index contributed by atoms with van der Waals surface area (Å²) in [7, 11) is 0. The van der Waals surface area contributed by atoms with Crippen molar-refractivity contribution in [1.29, 1.82) is 0 Å². The van der Waals surface area contributed by atoms with Gasteiger partial charge in [0, 0.05) is 33.4 Å². The van der Waals surface area contributed by atoms with Gasteiger partial charge in [-0.3, -0.25) is 0 Å². The molecule has 8 aromatic carbocycles. The summed E-state index contributed by atoms with van der Waals surface area (Å²) < 4.78 is 6.97. The highest BCUT2D eigenvalue weighted by Gasteiger charge is 2.51. The van der Waals surface area contributed by atoms with Crippen LogP contribution in [0.3, 0.4) is 0 Å². The van der Waals surface area contributed by atoms with Crippen LogP contribution >= 0.6 is 0 Å². The van der Waals surface area contributed by atoms with Crippen molar-refractivity contribution in [2.24, 2.45) is 0 Å². The van der Waals surface area contributed by atoms with Gasteiger partial charge in [0.1, 0.15) is 11.5 Å². The third kappa shape index (κ3) is 4.53. The highest BCUT2D eigenvalue weighted by molar-refractivity contribution is 5.91. The zero-order valence-corrected chi connectivity index (χ0v) is 29.1. The third-order valence-corrected chi connectivity index (χ3v) is 11.0. The fourth-order valence-electron chi connectivity index (χ4n) is 8.61. The van der Waals surface area contributed by atoms with E-state index in [1.165, 1.54) is 27.6 Å². The minimum Gasteiger partial charge on any atom is -0.456 e. The van der Waals surface area contributed by atoms with E-state index in [4.69, 9.17) is 19.7 Å². The molecule has 2 aliphatic rings. The standard InChI is InChI=1S/C50H31N3O/c1-2-15-33(16-3-1)47-51-48(53-49(52-47)37-29-28-32-14-4-5-17-34(32)30-37)36-19-12-18-35(31-36)38-22-13-26-44-46(38)54-45-27-11-10-25-43(45)50(44)41-23-8-6-20-39(41)40-21-7-9-24-42(40)50/h1-31H. The molecule has 4 nitrogen and oxygen atoms in total. The van der Waals surface area contributed by atoms with Gasteiger partial charge in [0.25, 0.3) is 0 Å². The number of fused-ring (bicyclic) bond motifs is 10. The Labute approximate surface area is 313 Å². The van der Waals surface area contributed by atoms with E-state index in [2.05, 4.69) is 158 Å². The van der Waals surface area contributed by atoms with E-state index in [1.54, 1.807) is 0 Å². The first-order valence-electron chi connectivity index (χ1n) is 18.3. The number of para-hydroxylation sites is 2. The Bertz CT molecular complexity index is 2890. The van der Waals surface area contributed by atoms with Crippen LogP contribution in [0.15, 0.2) is 188 Å². The number of hydrogen-bond donors (Lipinski definition) is 0. The van der Waals surface area contributed by atoms with Gasteiger partial charge in [-0.15, -0.1) is 0 Å². The fourth-order valence-corrected chi connectivity index (χ4v) is 8.61. The molecule has 0 atom stereocenters. The second kappa shape index (κ2) is 11.9. The number of ether oxygens (including phenoxy) is 1. The van der Waals surface area contributed by atoms with Gasteiger partial charge in [0.15, 0.2) is 17.5 Å². The smallest absolute Gasteiger partial charge is 0.164 e. The molecule has 0 amide bonds. The van der Waals surface area contributed by atoms with E-state index in [-0.39, 0.29) is 0 Å². The fraction of sp³-hybridized carbons (Fsp3) is 0.0200. The molecule has 0 radical (unpaired) electrons. The van der Waals surface area contributed by atoms with E-state index in [1.807, 2.05) is 30.3 Å². The first-order valence-corrected chi connectivity index (χ1v) is 18.3. The van der Waals surface area contributed by atoms with Gasteiger partial charge >= 0.3 is 0 Å². The molecular formula is C50H31N3O. The zero-order chi connectivity index (χ0) is 35.6. The molecule has 1 spiro atoms. The Morgan fingerprint density at radius 1 is 0.333 bits per heavy atom. The zero-order valence-electron chi connectivity index (χ0n) is 29.1. The minimum absolute atomic E-state index is 0.529. The average Bonchev–Trinajstić information content (AvgIpc) is 3.54. The molecule has 1 aromatic heterocycles. The van der Waals surface area contributed by atoms with Crippen LogP contribution in [-0.2, 0) is 5.41 Å². The molecule has 0 saturated carbocycles. The van der Waals surface area contributed by atoms with Crippen LogP contribution in [0.2, 0.25) is 0 Å². The van der Waals surface area contributed by atoms with Gasteiger partial charge in [-0.25, -0.2) is 15.0 Å². The molecule has 0 unspecified atom stereocenters. The lowest BCUT2D eigenvalue weighted by Crippen LogP contribution is -2.32. The second-order valence-corrected chi connectivity index (χ2v) is 13.9. The summed E-state index contributed by atoms with van der Waals surface area (Å²) in [5.41, 5.74) is 11.6. The van der Waals surface area contributed by atoms with E-state index in [0.717, 1.165) is 55.8 Å². The van der Waals surface area contributed by atoms with Gasteiger partial charge in [-0.1, -0.05) is 170 Å². The molecule has 0 bridgehead atoms. The Morgan fingerprint density at radius 3 is 1.61 bits per heavy atom. The third-order valence-electron chi connectivity index (χ3n) is 11.0. The molecule has 54 heavy (non-hydrogen) atoms. The van der Waals surface area contributed by atoms with Crippen molar-refractivity contribution in [2.45, 2.75) is 5.41 Å². The number of nitrogens with zero attached hydrogens (tertiary/aromatic N) is 3. The molecule has 0 N–H and O–H groups in total. The Morgan fingerprint density at radius 2 is 0.852 bits per heavy atom. The van der Waals surface area contributed by atoms with Crippen molar-refractivity contribution < 1.29 is 4.74 Å². The summed E-state index contributed by atoms with van der Waals surface area (Å²) >= 11 is 0. The van der Waals surface area contributed by atoms with Crippen LogP contribution in [-0.4, -0.2) is 15.0 Å². The second-order valence-electron chi connectivity index (χ2n) is 13.9. The quantitative estimate of drug-likeness (QED) is 0.185. The van der Waals surface area contributed by atoms with Crippen molar-refractivity contribution in [3.63, 3.8) is 0 Å². The summed E-state index contributed by atoms with van der Waals surface area (Å²) in [6.45, 7) is 0. The highest BCUT2D eigenvalue weighted by Crippen LogP contribution is 2.63. The summed E-state index contributed by atoms with van der Waals surface area (Å²) in [6, 6.07) is 66.1. The highest BCUT2D eigenvalue weighted by atomic mass is 16.5. The van der Waals surface area contributed by atoms with Crippen LogP contribution in [0, 0.1) is 0 Å². The molecule has 2 heterocycles. The largest absolute Gasteiger partial charge is 0.456 e. The molecule has 252 valence electrons. The Kier molecular flexibility index (Phi) is 6.73. The maximum absolute atomic E-state index is 6.97. The summed E-state index contributed by atoms with van der Waals surface area (Å²) in [5, 5.41) is 2.31. The van der Waals surface area contributed by atoms with Crippen LogP contribution in [0.5, 0.6) is 11.5 Å². The van der Waals surface area contributed by atoms with Gasteiger partial charge < -0.3 is 4.74 Å². The summed E-state index contributed by atoms with van der Waals surface area (Å²) in [6.07, 6.45) is 0. The van der Waals surface area contributed by atoms with E-state index in [9.17, 15) is 0 Å². The summed E-state index contributed by atoms with van der Waals surface area (Å²) in [5.74, 6) is 3.60. The molecular weight excluding hydrogens is 659 g/mol.